The first-order valence-electron chi connectivity index (χ1n) is 8.44. The van der Waals surface area contributed by atoms with Gasteiger partial charge >= 0.3 is 0 Å². The van der Waals surface area contributed by atoms with Crippen molar-refractivity contribution >= 4 is 17.7 Å². The predicted molar refractivity (Wildman–Crippen MR) is 96.4 cm³/mol. The second kappa shape index (κ2) is 8.44. The van der Waals surface area contributed by atoms with Crippen LogP contribution in [0.3, 0.4) is 0 Å². The average Bonchev–Trinajstić information content (AvgIpc) is 2.89. The molecule has 3 heterocycles. The SMILES string of the molecule is CSCCC(O)C(=O)N1CCc2nnc(Cc3cccnc3)n2CC1. The summed E-state index contributed by atoms with van der Waals surface area (Å²) >= 11 is 1.63. The summed E-state index contributed by atoms with van der Waals surface area (Å²) in [5, 5.41) is 18.7. The van der Waals surface area contributed by atoms with Crippen molar-refractivity contribution in [3.8, 4) is 0 Å². The van der Waals surface area contributed by atoms with Gasteiger partial charge in [-0.1, -0.05) is 6.07 Å². The number of thioether (sulfide) groups is 1. The van der Waals surface area contributed by atoms with Crippen molar-refractivity contribution in [1.82, 2.24) is 24.6 Å². The Hall–Kier alpha value is -1.93. The van der Waals surface area contributed by atoms with Crippen LogP contribution in [0.5, 0.6) is 0 Å². The fourth-order valence-electron chi connectivity index (χ4n) is 2.98. The standard InChI is InChI=1S/C17H23N5O2S/c1-25-10-5-14(23)17(24)21-7-4-15-19-20-16(22(15)9-8-21)11-13-3-2-6-18-12-13/h2-3,6,12,14,23H,4-5,7-11H2,1H3. The zero-order chi connectivity index (χ0) is 17.6. The molecule has 0 bridgehead atoms. The molecular weight excluding hydrogens is 338 g/mol. The Balaban J connectivity index is 1.65. The van der Waals surface area contributed by atoms with Gasteiger partial charge in [0.2, 0.25) is 0 Å². The third-order valence-electron chi connectivity index (χ3n) is 4.38. The van der Waals surface area contributed by atoms with Crippen molar-refractivity contribution in [2.24, 2.45) is 0 Å². The highest BCUT2D eigenvalue weighted by molar-refractivity contribution is 7.98. The molecule has 25 heavy (non-hydrogen) atoms. The van der Waals surface area contributed by atoms with Crippen LogP contribution in [-0.4, -0.2) is 66.9 Å². The van der Waals surface area contributed by atoms with Crippen LogP contribution in [-0.2, 0) is 24.2 Å². The summed E-state index contributed by atoms with van der Waals surface area (Å²) in [6, 6.07) is 3.93. The molecule has 1 aliphatic rings. The number of carbonyl (C=O) groups excluding carboxylic acids is 1. The molecule has 2 aromatic heterocycles. The molecule has 0 saturated heterocycles. The van der Waals surface area contributed by atoms with E-state index in [1.807, 2.05) is 24.6 Å². The number of aliphatic hydroxyl groups excluding tert-OH is 1. The summed E-state index contributed by atoms with van der Waals surface area (Å²) < 4.78 is 2.09. The highest BCUT2D eigenvalue weighted by Gasteiger charge is 2.25. The fourth-order valence-corrected chi connectivity index (χ4v) is 3.44. The fraction of sp³-hybridized carbons (Fsp3) is 0.529. The quantitative estimate of drug-likeness (QED) is 0.818. The van der Waals surface area contributed by atoms with E-state index < -0.39 is 6.10 Å². The van der Waals surface area contributed by atoms with Gasteiger partial charge in [0, 0.05) is 44.9 Å². The van der Waals surface area contributed by atoms with Crippen LogP contribution in [0.1, 0.15) is 23.6 Å². The van der Waals surface area contributed by atoms with Gasteiger partial charge < -0.3 is 14.6 Å². The largest absolute Gasteiger partial charge is 0.383 e. The van der Waals surface area contributed by atoms with Gasteiger partial charge in [0.15, 0.2) is 0 Å². The molecule has 0 aliphatic carbocycles. The normalized spacial score (nSPS) is 15.5. The molecule has 0 radical (unpaired) electrons. The van der Waals surface area contributed by atoms with E-state index >= 15 is 0 Å². The van der Waals surface area contributed by atoms with Crippen molar-refractivity contribution in [2.75, 3.05) is 25.1 Å². The number of rotatable bonds is 6. The molecule has 0 aromatic carbocycles. The summed E-state index contributed by atoms with van der Waals surface area (Å²) in [5.41, 5.74) is 1.09. The number of pyridine rings is 1. The Morgan fingerprint density at radius 1 is 1.36 bits per heavy atom. The molecule has 0 fully saturated rings. The lowest BCUT2D eigenvalue weighted by molar-refractivity contribution is -0.140. The topological polar surface area (TPSA) is 84.1 Å². The summed E-state index contributed by atoms with van der Waals surface area (Å²) in [7, 11) is 0. The van der Waals surface area contributed by atoms with Crippen LogP contribution in [0.4, 0.5) is 0 Å². The average molecular weight is 361 g/mol. The first kappa shape index (κ1) is 17.9. The third-order valence-corrected chi connectivity index (χ3v) is 5.02. The van der Waals surface area contributed by atoms with E-state index in [-0.39, 0.29) is 5.91 Å². The number of hydrogen-bond donors (Lipinski definition) is 1. The first-order valence-corrected chi connectivity index (χ1v) is 9.84. The highest BCUT2D eigenvalue weighted by Crippen LogP contribution is 2.14. The van der Waals surface area contributed by atoms with E-state index in [0.717, 1.165) is 23.0 Å². The molecule has 0 saturated carbocycles. The number of amides is 1. The first-order chi connectivity index (χ1) is 12.2. The zero-order valence-electron chi connectivity index (χ0n) is 14.3. The van der Waals surface area contributed by atoms with Crippen molar-refractivity contribution < 1.29 is 9.90 Å². The maximum atomic E-state index is 12.4. The summed E-state index contributed by atoms with van der Waals surface area (Å²) in [5.74, 6) is 2.39. The zero-order valence-corrected chi connectivity index (χ0v) is 15.2. The molecule has 1 unspecified atom stereocenters. The second-order valence-electron chi connectivity index (χ2n) is 6.09. The Kier molecular flexibility index (Phi) is 6.04. The number of aromatic nitrogens is 4. The summed E-state index contributed by atoms with van der Waals surface area (Å²) in [6.07, 6.45) is 6.46. The van der Waals surface area contributed by atoms with Crippen LogP contribution >= 0.6 is 11.8 Å². The number of carbonyl (C=O) groups is 1. The second-order valence-corrected chi connectivity index (χ2v) is 7.08. The molecular formula is C17H23N5O2S. The van der Waals surface area contributed by atoms with Crippen LogP contribution in [0.15, 0.2) is 24.5 Å². The van der Waals surface area contributed by atoms with Gasteiger partial charge in [-0.15, -0.1) is 10.2 Å². The molecule has 3 rings (SSSR count). The number of fused-ring (bicyclic) bond motifs is 1. The van der Waals surface area contributed by atoms with Crippen LogP contribution in [0, 0.1) is 0 Å². The van der Waals surface area contributed by atoms with E-state index in [9.17, 15) is 9.90 Å². The smallest absolute Gasteiger partial charge is 0.251 e. The van der Waals surface area contributed by atoms with E-state index in [2.05, 4.69) is 19.7 Å². The van der Waals surface area contributed by atoms with Gasteiger partial charge in [-0.25, -0.2) is 0 Å². The van der Waals surface area contributed by atoms with Gasteiger partial charge in [0.1, 0.15) is 17.8 Å². The van der Waals surface area contributed by atoms with Crippen molar-refractivity contribution in [3.63, 3.8) is 0 Å². The predicted octanol–water partition coefficient (Wildman–Crippen LogP) is 0.763. The van der Waals surface area contributed by atoms with Crippen LogP contribution < -0.4 is 0 Å². The molecule has 8 heteroatoms. The molecule has 0 spiro atoms. The van der Waals surface area contributed by atoms with Gasteiger partial charge in [0.25, 0.3) is 5.91 Å². The Bertz CT molecular complexity index is 706. The van der Waals surface area contributed by atoms with Crippen molar-refractivity contribution in [1.29, 1.82) is 0 Å². The summed E-state index contributed by atoms with van der Waals surface area (Å²) in [4.78, 5) is 18.3. The molecule has 1 amide bonds. The minimum Gasteiger partial charge on any atom is -0.383 e. The summed E-state index contributed by atoms with van der Waals surface area (Å²) in [6.45, 7) is 1.79. The number of aliphatic hydroxyl groups is 1. The van der Waals surface area contributed by atoms with Gasteiger partial charge in [-0.3, -0.25) is 9.78 Å². The van der Waals surface area contributed by atoms with E-state index in [0.29, 0.717) is 38.9 Å². The lowest BCUT2D eigenvalue weighted by atomic mass is 10.2. The number of nitrogens with zero attached hydrogens (tertiary/aromatic N) is 5. The van der Waals surface area contributed by atoms with E-state index in [4.69, 9.17) is 0 Å². The molecule has 1 aliphatic heterocycles. The van der Waals surface area contributed by atoms with Gasteiger partial charge in [0.05, 0.1) is 0 Å². The molecule has 1 N–H and O–H groups in total. The van der Waals surface area contributed by atoms with Gasteiger partial charge in [-0.2, -0.15) is 11.8 Å². The van der Waals surface area contributed by atoms with Crippen molar-refractivity contribution in [2.45, 2.75) is 31.9 Å². The lowest BCUT2D eigenvalue weighted by Crippen LogP contribution is -2.41. The molecule has 7 nitrogen and oxygen atoms in total. The van der Waals surface area contributed by atoms with E-state index in [1.54, 1.807) is 22.9 Å². The highest BCUT2D eigenvalue weighted by atomic mass is 32.2. The third kappa shape index (κ3) is 4.38. The maximum Gasteiger partial charge on any atom is 0.251 e. The Morgan fingerprint density at radius 2 is 2.24 bits per heavy atom. The minimum absolute atomic E-state index is 0.179. The van der Waals surface area contributed by atoms with E-state index in [1.165, 1.54) is 0 Å². The Morgan fingerprint density at radius 3 is 3.00 bits per heavy atom. The number of hydrogen-bond acceptors (Lipinski definition) is 6. The van der Waals surface area contributed by atoms with Crippen LogP contribution in [0.2, 0.25) is 0 Å². The molecule has 1 atom stereocenters. The molecule has 2 aromatic rings. The van der Waals surface area contributed by atoms with Gasteiger partial charge in [-0.05, 0) is 30.1 Å². The lowest BCUT2D eigenvalue weighted by Gasteiger charge is -2.23. The monoisotopic (exact) mass is 361 g/mol. The Labute approximate surface area is 151 Å². The van der Waals surface area contributed by atoms with Crippen LogP contribution in [0.25, 0.3) is 0 Å². The minimum atomic E-state index is -0.911. The maximum absolute atomic E-state index is 12.4. The molecule has 134 valence electrons. The van der Waals surface area contributed by atoms with Crippen molar-refractivity contribution in [3.05, 3.63) is 41.7 Å².